The monoisotopic (exact) mass is 499 g/mol. The number of nitrogens with zero attached hydrogens (tertiary/aromatic N) is 5. The molecule has 2 fully saturated rings. The van der Waals surface area contributed by atoms with Gasteiger partial charge in [-0.2, -0.15) is 14.9 Å². The summed E-state index contributed by atoms with van der Waals surface area (Å²) in [6, 6.07) is 15.6. The van der Waals surface area contributed by atoms with Crippen LogP contribution in [0.15, 0.2) is 60.8 Å². The Balaban J connectivity index is 1.31. The molecular formula is C27H23F2N7O. The van der Waals surface area contributed by atoms with Crippen molar-refractivity contribution in [3.8, 4) is 6.07 Å². The van der Waals surface area contributed by atoms with E-state index in [2.05, 4.69) is 20.5 Å². The van der Waals surface area contributed by atoms with Crippen molar-refractivity contribution in [2.75, 3.05) is 23.7 Å². The molecule has 2 N–H and O–H groups in total. The normalized spacial score (nSPS) is 21.1. The second kappa shape index (κ2) is 9.26. The lowest BCUT2D eigenvalue weighted by Gasteiger charge is -2.23. The lowest BCUT2D eigenvalue weighted by atomic mass is 9.81. The van der Waals surface area contributed by atoms with Crippen LogP contribution >= 0.6 is 0 Å². The van der Waals surface area contributed by atoms with Gasteiger partial charge in [0.2, 0.25) is 0 Å². The third kappa shape index (κ3) is 4.27. The minimum absolute atomic E-state index is 0.138. The van der Waals surface area contributed by atoms with Gasteiger partial charge in [-0.15, -0.1) is 0 Å². The maximum atomic E-state index is 14.8. The molecule has 8 nitrogen and oxygen atoms in total. The Morgan fingerprint density at radius 2 is 2.00 bits per heavy atom. The van der Waals surface area contributed by atoms with Crippen LogP contribution in [-0.4, -0.2) is 44.7 Å². The third-order valence-corrected chi connectivity index (χ3v) is 7.27. The summed E-state index contributed by atoms with van der Waals surface area (Å²) in [6.07, 6.45) is 3.52. The molecule has 0 bridgehead atoms. The van der Waals surface area contributed by atoms with Gasteiger partial charge in [-0.05, 0) is 73.5 Å². The summed E-state index contributed by atoms with van der Waals surface area (Å²) in [7, 11) is 0. The molecule has 0 radical (unpaired) electrons. The summed E-state index contributed by atoms with van der Waals surface area (Å²) in [4.78, 5) is 19.3. The average Bonchev–Trinajstić information content (AvgIpc) is 3.60. The zero-order valence-corrected chi connectivity index (χ0v) is 19.7. The van der Waals surface area contributed by atoms with Crippen molar-refractivity contribution in [2.24, 2.45) is 0 Å². The molecule has 0 saturated carbocycles. The Labute approximate surface area is 211 Å². The Morgan fingerprint density at radius 1 is 1.11 bits per heavy atom. The molecule has 2 aliphatic heterocycles. The number of amides is 2. The first kappa shape index (κ1) is 23.1. The van der Waals surface area contributed by atoms with Crippen LogP contribution in [0.25, 0.3) is 5.65 Å². The van der Waals surface area contributed by atoms with Crippen molar-refractivity contribution >= 4 is 23.2 Å². The van der Waals surface area contributed by atoms with Crippen molar-refractivity contribution in [1.82, 2.24) is 19.5 Å². The van der Waals surface area contributed by atoms with E-state index < -0.39 is 17.7 Å². The van der Waals surface area contributed by atoms with Crippen molar-refractivity contribution in [3.05, 3.63) is 89.2 Å². The zero-order valence-electron chi connectivity index (χ0n) is 19.7. The largest absolute Gasteiger partial charge is 0.324 e. The van der Waals surface area contributed by atoms with Crippen LogP contribution in [0, 0.1) is 23.0 Å². The molecule has 2 aromatic carbocycles. The maximum Gasteiger partial charge on any atom is 0.324 e. The van der Waals surface area contributed by atoms with Crippen LogP contribution in [0.2, 0.25) is 0 Å². The first-order valence-corrected chi connectivity index (χ1v) is 12.1. The molecule has 6 rings (SSSR count). The van der Waals surface area contributed by atoms with Crippen molar-refractivity contribution in [1.29, 1.82) is 5.26 Å². The lowest BCUT2D eigenvalue weighted by Crippen LogP contribution is -2.26. The highest BCUT2D eigenvalue weighted by atomic mass is 19.1. The topological polar surface area (TPSA) is 98.3 Å². The van der Waals surface area contributed by atoms with E-state index in [9.17, 15) is 13.6 Å². The van der Waals surface area contributed by atoms with Gasteiger partial charge in [0.05, 0.1) is 23.5 Å². The summed E-state index contributed by atoms with van der Waals surface area (Å²) < 4.78 is 30.5. The molecule has 37 heavy (non-hydrogen) atoms. The van der Waals surface area contributed by atoms with E-state index >= 15 is 0 Å². The number of anilines is 2. The first-order chi connectivity index (χ1) is 18.0. The number of nitrogens with one attached hydrogen (secondary N) is 2. The number of hydrogen-bond acceptors (Lipinski definition) is 5. The summed E-state index contributed by atoms with van der Waals surface area (Å²) in [5, 5.41) is 19.4. The molecule has 2 unspecified atom stereocenters. The van der Waals surface area contributed by atoms with Crippen LogP contribution in [0.5, 0.6) is 0 Å². The molecule has 0 spiro atoms. The zero-order chi connectivity index (χ0) is 25.5. The molecular weight excluding hydrogens is 476 g/mol. The number of carbonyl (C=O) groups is 1. The van der Waals surface area contributed by atoms with Crippen LogP contribution in [-0.2, 0) is 0 Å². The molecule has 0 aliphatic carbocycles. The van der Waals surface area contributed by atoms with Gasteiger partial charge in [-0.3, -0.25) is 10.2 Å². The summed E-state index contributed by atoms with van der Waals surface area (Å²) >= 11 is 0. The fourth-order valence-electron chi connectivity index (χ4n) is 5.71. The quantitative estimate of drug-likeness (QED) is 0.418. The molecule has 2 aliphatic rings. The Bertz CT molecular complexity index is 1550. The Kier molecular flexibility index (Phi) is 5.77. The Morgan fingerprint density at radius 3 is 2.86 bits per heavy atom. The minimum Gasteiger partial charge on any atom is -0.308 e. The molecule has 4 heterocycles. The molecule has 2 amide bonds. The molecule has 3 atom stereocenters. The van der Waals surface area contributed by atoms with E-state index in [-0.39, 0.29) is 17.9 Å². The van der Waals surface area contributed by atoms with E-state index in [1.807, 2.05) is 18.2 Å². The van der Waals surface area contributed by atoms with Crippen LogP contribution < -0.4 is 10.6 Å². The van der Waals surface area contributed by atoms with E-state index in [0.717, 1.165) is 31.1 Å². The molecule has 2 aromatic heterocycles. The van der Waals surface area contributed by atoms with Crippen molar-refractivity contribution in [3.63, 3.8) is 0 Å². The fraction of sp³-hybridized carbons (Fsp3) is 0.259. The summed E-state index contributed by atoms with van der Waals surface area (Å²) in [5.41, 5.74) is 2.55. The standard InChI is InChI=1S/C27H23F2N7O/c28-17-6-7-21(29)19(12-17)20-15-35-10-2-5-23(35)26(20)22-8-9-24-31-14-25(36(24)34-22)33-27(37)32-18-4-1-3-16(11-18)13-30/h1,3-4,6-9,11-12,14,20,23,26H,2,5,10,15H2,(H2,32,33,37)/t20?,23?,26-/m0/s1. The number of benzene rings is 2. The molecule has 186 valence electrons. The SMILES string of the molecule is N#Cc1cccc(NC(=O)Nc2cnc3ccc([C@@H]4C(c5cc(F)ccc5F)CN5CCCC45)nn23)c1. The van der Waals surface area contributed by atoms with Gasteiger partial charge < -0.3 is 5.32 Å². The number of fused-ring (bicyclic) bond motifs is 2. The van der Waals surface area contributed by atoms with E-state index in [4.69, 9.17) is 10.4 Å². The van der Waals surface area contributed by atoms with E-state index in [0.29, 0.717) is 34.8 Å². The number of aromatic nitrogens is 3. The van der Waals surface area contributed by atoms with E-state index in [1.165, 1.54) is 18.3 Å². The number of urea groups is 1. The highest BCUT2D eigenvalue weighted by Crippen LogP contribution is 2.48. The molecule has 4 aromatic rings. The number of carbonyl (C=O) groups excluding carboxylic acids is 1. The first-order valence-electron chi connectivity index (χ1n) is 12.1. The van der Waals surface area contributed by atoms with Gasteiger partial charge in [0, 0.05) is 30.1 Å². The number of hydrogen-bond donors (Lipinski definition) is 2. The number of rotatable bonds is 4. The predicted molar refractivity (Wildman–Crippen MR) is 133 cm³/mol. The highest BCUT2D eigenvalue weighted by Gasteiger charge is 2.46. The van der Waals surface area contributed by atoms with Crippen LogP contribution in [0.3, 0.4) is 0 Å². The average molecular weight is 500 g/mol. The third-order valence-electron chi connectivity index (χ3n) is 7.27. The van der Waals surface area contributed by atoms with E-state index in [1.54, 1.807) is 28.8 Å². The molecule has 10 heteroatoms. The van der Waals surface area contributed by atoms with Gasteiger partial charge in [0.1, 0.15) is 11.6 Å². The van der Waals surface area contributed by atoms with Gasteiger partial charge in [0.15, 0.2) is 11.5 Å². The second-order valence-corrected chi connectivity index (χ2v) is 9.45. The van der Waals surface area contributed by atoms with Gasteiger partial charge in [-0.25, -0.2) is 18.6 Å². The molecule has 2 saturated heterocycles. The number of halogens is 2. The Hall–Kier alpha value is -4.36. The second-order valence-electron chi connectivity index (χ2n) is 9.45. The summed E-state index contributed by atoms with van der Waals surface area (Å²) in [6.45, 7) is 1.55. The fourth-order valence-corrected chi connectivity index (χ4v) is 5.71. The smallest absolute Gasteiger partial charge is 0.308 e. The maximum absolute atomic E-state index is 14.8. The number of imidazole rings is 1. The van der Waals surface area contributed by atoms with Crippen molar-refractivity contribution in [2.45, 2.75) is 30.7 Å². The van der Waals surface area contributed by atoms with Gasteiger partial charge >= 0.3 is 6.03 Å². The van der Waals surface area contributed by atoms with Crippen LogP contribution in [0.4, 0.5) is 25.1 Å². The van der Waals surface area contributed by atoms with Gasteiger partial charge in [-0.1, -0.05) is 6.07 Å². The predicted octanol–water partition coefficient (Wildman–Crippen LogP) is 4.87. The minimum atomic E-state index is -0.508. The van der Waals surface area contributed by atoms with Gasteiger partial charge in [0.25, 0.3) is 0 Å². The number of nitriles is 1. The summed E-state index contributed by atoms with van der Waals surface area (Å²) in [5.74, 6) is -0.901. The highest BCUT2D eigenvalue weighted by molar-refractivity contribution is 5.99. The lowest BCUT2D eigenvalue weighted by molar-refractivity contribution is 0.262. The van der Waals surface area contributed by atoms with Crippen molar-refractivity contribution < 1.29 is 13.6 Å². The van der Waals surface area contributed by atoms with Crippen LogP contribution in [0.1, 0.15) is 41.5 Å².